The minimum Gasteiger partial charge on any atom is -0.387 e. The van der Waals surface area contributed by atoms with Gasteiger partial charge in [0.05, 0.1) is 6.42 Å². The van der Waals surface area contributed by atoms with Crippen molar-refractivity contribution in [3.05, 3.63) is 11.8 Å². The van der Waals surface area contributed by atoms with Gasteiger partial charge in [0.2, 0.25) is 0 Å². The van der Waals surface area contributed by atoms with E-state index in [2.05, 4.69) is 10.2 Å². The van der Waals surface area contributed by atoms with Gasteiger partial charge in [0, 0.05) is 24.9 Å². The van der Waals surface area contributed by atoms with Crippen LogP contribution in [0, 0.1) is 0 Å². The third kappa shape index (κ3) is 2.58. The van der Waals surface area contributed by atoms with Gasteiger partial charge < -0.3 is 10.2 Å². The Kier molecular flexibility index (Phi) is 3.19. The quantitative estimate of drug-likeness (QED) is 0.722. The number of likely N-dealkylation sites (tertiary alicyclic amines) is 1. The molecule has 1 heterocycles. The number of rotatable bonds is 4. The second-order valence-electron chi connectivity index (χ2n) is 4.14. The molecule has 1 aliphatic carbocycles. The highest BCUT2D eigenvalue weighted by Crippen LogP contribution is 2.11. The van der Waals surface area contributed by atoms with Gasteiger partial charge in [-0.05, 0) is 25.9 Å². The summed E-state index contributed by atoms with van der Waals surface area (Å²) in [6, 6.07) is 0. The average molecular weight is 194 g/mol. The topological polar surface area (TPSA) is 32.3 Å². The van der Waals surface area contributed by atoms with E-state index in [1.807, 2.05) is 0 Å². The summed E-state index contributed by atoms with van der Waals surface area (Å²) in [6.07, 6.45) is 6.42. The van der Waals surface area contributed by atoms with Crippen LogP contribution in [0.4, 0.5) is 0 Å². The van der Waals surface area contributed by atoms with Crippen molar-refractivity contribution >= 4 is 5.78 Å². The number of hydrogen-bond acceptors (Lipinski definition) is 3. The van der Waals surface area contributed by atoms with Crippen molar-refractivity contribution in [2.75, 3.05) is 26.2 Å². The molecule has 0 aromatic rings. The molecule has 0 atom stereocenters. The van der Waals surface area contributed by atoms with Crippen molar-refractivity contribution in [2.45, 2.75) is 25.7 Å². The van der Waals surface area contributed by atoms with Crippen molar-refractivity contribution < 1.29 is 4.79 Å². The van der Waals surface area contributed by atoms with Gasteiger partial charge in [0.25, 0.3) is 0 Å². The molecule has 3 nitrogen and oxygen atoms in total. The van der Waals surface area contributed by atoms with Gasteiger partial charge in [0.15, 0.2) is 5.78 Å². The Balaban J connectivity index is 1.58. The number of hydrogen-bond donors (Lipinski definition) is 1. The number of allylic oxidation sites excluding steroid dienone is 2. The molecule has 3 heteroatoms. The Hall–Kier alpha value is -0.830. The molecule has 0 radical (unpaired) electrons. The fourth-order valence-electron chi connectivity index (χ4n) is 2.02. The van der Waals surface area contributed by atoms with Crippen molar-refractivity contribution in [3.8, 4) is 0 Å². The minimum atomic E-state index is 0.255. The number of carbonyl (C=O) groups excluding carboxylic acids is 1. The first-order valence-corrected chi connectivity index (χ1v) is 5.54. The number of piperidine rings is 1. The third-order valence-electron chi connectivity index (χ3n) is 2.93. The maximum absolute atomic E-state index is 10.6. The van der Waals surface area contributed by atoms with E-state index in [1.165, 1.54) is 32.4 Å². The fourth-order valence-corrected chi connectivity index (χ4v) is 2.02. The zero-order chi connectivity index (χ0) is 9.80. The Bertz CT molecular complexity index is 242. The van der Waals surface area contributed by atoms with Gasteiger partial charge in [-0.3, -0.25) is 4.79 Å². The van der Waals surface area contributed by atoms with Crippen LogP contribution in [0.25, 0.3) is 0 Å². The minimum absolute atomic E-state index is 0.255. The van der Waals surface area contributed by atoms with Crippen molar-refractivity contribution in [1.82, 2.24) is 10.2 Å². The first kappa shape index (κ1) is 9.71. The van der Waals surface area contributed by atoms with Crippen LogP contribution in [-0.2, 0) is 4.79 Å². The molecule has 0 spiro atoms. The lowest BCUT2D eigenvalue weighted by atomic mass is 10.0. The van der Waals surface area contributed by atoms with E-state index in [-0.39, 0.29) is 5.78 Å². The van der Waals surface area contributed by atoms with Gasteiger partial charge in [-0.1, -0.05) is 6.42 Å². The first-order valence-electron chi connectivity index (χ1n) is 5.54. The molecule has 2 aliphatic rings. The van der Waals surface area contributed by atoms with Gasteiger partial charge in [-0.2, -0.15) is 0 Å². The van der Waals surface area contributed by atoms with Crippen molar-refractivity contribution in [1.29, 1.82) is 0 Å². The first-order chi connectivity index (χ1) is 6.84. The predicted molar refractivity (Wildman–Crippen MR) is 56.0 cm³/mol. The second-order valence-corrected chi connectivity index (χ2v) is 4.14. The van der Waals surface area contributed by atoms with Crippen LogP contribution in [0.15, 0.2) is 11.8 Å². The standard InChI is InChI=1S/C11H18N2O/c14-11-8-10(9-11)12-4-7-13-5-2-1-3-6-13/h8,12H,1-7,9H2. The van der Waals surface area contributed by atoms with Crippen LogP contribution < -0.4 is 5.32 Å². The number of nitrogens with zero attached hydrogens (tertiary/aromatic N) is 1. The molecule has 0 aromatic heterocycles. The molecule has 0 bridgehead atoms. The normalized spacial score (nSPS) is 22.9. The van der Waals surface area contributed by atoms with Gasteiger partial charge >= 0.3 is 0 Å². The zero-order valence-electron chi connectivity index (χ0n) is 8.59. The molecule has 0 saturated carbocycles. The molecule has 78 valence electrons. The van der Waals surface area contributed by atoms with Crippen molar-refractivity contribution in [2.24, 2.45) is 0 Å². The van der Waals surface area contributed by atoms with E-state index in [0.717, 1.165) is 18.8 Å². The lowest BCUT2D eigenvalue weighted by Crippen LogP contribution is -2.36. The summed E-state index contributed by atoms with van der Waals surface area (Å²) in [6.45, 7) is 4.60. The van der Waals surface area contributed by atoms with E-state index in [0.29, 0.717) is 6.42 Å². The highest BCUT2D eigenvalue weighted by molar-refractivity contribution is 5.98. The molecule has 0 unspecified atom stereocenters. The second kappa shape index (κ2) is 4.60. The molecule has 1 fully saturated rings. The van der Waals surface area contributed by atoms with E-state index < -0.39 is 0 Å². The highest BCUT2D eigenvalue weighted by atomic mass is 16.1. The summed E-state index contributed by atoms with van der Waals surface area (Å²) in [5.74, 6) is 0.255. The van der Waals surface area contributed by atoms with Gasteiger partial charge in [-0.25, -0.2) is 0 Å². The van der Waals surface area contributed by atoms with E-state index in [4.69, 9.17) is 0 Å². The van der Waals surface area contributed by atoms with Crippen molar-refractivity contribution in [3.63, 3.8) is 0 Å². The largest absolute Gasteiger partial charge is 0.387 e. The SMILES string of the molecule is O=C1C=C(NCCN2CCCCC2)C1. The Morgan fingerprint density at radius 3 is 2.64 bits per heavy atom. The van der Waals surface area contributed by atoms with Crippen LogP contribution in [0.2, 0.25) is 0 Å². The Morgan fingerprint density at radius 1 is 1.29 bits per heavy atom. The fraction of sp³-hybridized carbons (Fsp3) is 0.727. The average Bonchev–Trinajstić information content (AvgIpc) is 2.17. The lowest BCUT2D eigenvalue weighted by molar-refractivity contribution is -0.115. The summed E-state index contributed by atoms with van der Waals surface area (Å²) >= 11 is 0. The molecule has 0 aromatic carbocycles. The molecule has 0 amide bonds. The molecular weight excluding hydrogens is 176 g/mol. The summed E-state index contributed by atoms with van der Waals surface area (Å²) in [4.78, 5) is 13.1. The van der Waals surface area contributed by atoms with Gasteiger partial charge in [-0.15, -0.1) is 0 Å². The molecular formula is C11H18N2O. The molecule has 1 saturated heterocycles. The number of carbonyl (C=O) groups is 1. The smallest absolute Gasteiger partial charge is 0.163 e. The monoisotopic (exact) mass is 194 g/mol. The third-order valence-corrected chi connectivity index (χ3v) is 2.93. The van der Waals surface area contributed by atoms with Crippen LogP contribution >= 0.6 is 0 Å². The molecule has 2 rings (SSSR count). The van der Waals surface area contributed by atoms with Gasteiger partial charge in [0.1, 0.15) is 0 Å². The maximum Gasteiger partial charge on any atom is 0.163 e. The van der Waals surface area contributed by atoms with Crippen LogP contribution in [0.3, 0.4) is 0 Å². The summed E-state index contributed by atoms with van der Waals surface area (Å²) in [5, 5.41) is 3.30. The lowest BCUT2D eigenvalue weighted by Gasteiger charge is -2.27. The summed E-state index contributed by atoms with van der Waals surface area (Å²) < 4.78 is 0. The molecule has 1 N–H and O–H groups in total. The van der Waals surface area contributed by atoms with E-state index in [9.17, 15) is 4.79 Å². The van der Waals surface area contributed by atoms with Crippen LogP contribution in [0.5, 0.6) is 0 Å². The molecule has 14 heavy (non-hydrogen) atoms. The van der Waals surface area contributed by atoms with Crippen LogP contribution in [0.1, 0.15) is 25.7 Å². The number of nitrogens with one attached hydrogen (secondary N) is 1. The zero-order valence-corrected chi connectivity index (χ0v) is 8.59. The predicted octanol–water partition coefficient (Wildman–Crippen LogP) is 0.919. The van der Waals surface area contributed by atoms with E-state index in [1.54, 1.807) is 6.08 Å². The Morgan fingerprint density at radius 2 is 2.00 bits per heavy atom. The number of ketones is 1. The molecule has 1 aliphatic heterocycles. The summed E-state index contributed by atoms with van der Waals surface area (Å²) in [7, 11) is 0. The van der Waals surface area contributed by atoms with Crippen LogP contribution in [-0.4, -0.2) is 36.9 Å². The van der Waals surface area contributed by atoms with E-state index >= 15 is 0 Å². The highest BCUT2D eigenvalue weighted by Gasteiger charge is 2.14. The summed E-state index contributed by atoms with van der Waals surface area (Å²) in [5.41, 5.74) is 1.12. The Labute approximate surface area is 85.2 Å². The maximum atomic E-state index is 10.6.